The van der Waals surface area contributed by atoms with E-state index in [4.69, 9.17) is 10.1 Å². The molecule has 0 bridgehead atoms. The number of thiophene rings is 1. The van der Waals surface area contributed by atoms with Gasteiger partial charge in [0.2, 0.25) is 0 Å². The molecular weight excluding hydrogens is 146 g/mol. The van der Waals surface area contributed by atoms with Gasteiger partial charge in [0.25, 0.3) is 0 Å². The SMILES string of the molecule is C=C(OC=N)c1cccs1. The van der Waals surface area contributed by atoms with Crippen LogP contribution in [0.1, 0.15) is 4.88 Å². The first-order valence-corrected chi connectivity index (χ1v) is 3.61. The highest BCUT2D eigenvalue weighted by Gasteiger charge is 1.97. The van der Waals surface area contributed by atoms with Crippen LogP contribution in [0, 0.1) is 5.41 Å². The minimum absolute atomic E-state index is 0.532. The summed E-state index contributed by atoms with van der Waals surface area (Å²) in [7, 11) is 0. The van der Waals surface area contributed by atoms with E-state index >= 15 is 0 Å². The van der Waals surface area contributed by atoms with Gasteiger partial charge in [-0.05, 0) is 11.4 Å². The van der Waals surface area contributed by atoms with Crippen molar-refractivity contribution in [3.8, 4) is 0 Å². The molecule has 52 valence electrons. The molecule has 1 N–H and O–H groups in total. The van der Waals surface area contributed by atoms with Crippen molar-refractivity contribution in [3.63, 3.8) is 0 Å². The quantitative estimate of drug-likeness (QED) is 0.403. The standard InChI is InChI=1S/C7H7NOS/c1-6(9-5-8)7-3-2-4-10-7/h2-5,8H,1H2. The van der Waals surface area contributed by atoms with Crippen LogP contribution in [0.2, 0.25) is 0 Å². The summed E-state index contributed by atoms with van der Waals surface area (Å²) in [4.78, 5) is 0.962. The van der Waals surface area contributed by atoms with Gasteiger partial charge in [0.15, 0.2) is 6.40 Å². The lowest BCUT2D eigenvalue weighted by molar-refractivity contribution is 0.530. The Bertz CT molecular complexity index is 228. The molecule has 0 unspecified atom stereocenters. The third-order valence-corrected chi connectivity index (χ3v) is 1.91. The zero-order valence-corrected chi connectivity index (χ0v) is 6.15. The van der Waals surface area contributed by atoms with Crippen LogP contribution in [0.3, 0.4) is 0 Å². The Kier molecular flexibility index (Phi) is 2.23. The predicted molar refractivity (Wildman–Crippen MR) is 43.2 cm³/mol. The molecule has 0 aliphatic rings. The van der Waals surface area contributed by atoms with E-state index in [1.54, 1.807) is 11.3 Å². The summed E-state index contributed by atoms with van der Waals surface area (Å²) in [6.45, 7) is 3.62. The average molecular weight is 153 g/mol. The normalized spacial score (nSPS) is 8.80. The van der Waals surface area contributed by atoms with Gasteiger partial charge in [0.05, 0.1) is 4.88 Å². The van der Waals surface area contributed by atoms with E-state index in [2.05, 4.69) is 6.58 Å². The van der Waals surface area contributed by atoms with E-state index in [9.17, 15) is 0 Å². The van der Waals surface area contributed by atoms with E-state index in [1.807, 2.05) is 17.5 Å². The molecule has 1 heterocycles. The maximum atomic E-state index is 6.63. The van der Waals surface area contributed by atoms with E-state index < -0.39 is 0 Å². The van der Waals surface area contributed by atoms with E-state index in [1.165, 1.54) is 0 Å². The summed E-state index contributed by atoms with van der Waals surface area (Å²) in [5.74, 6) is 0.532. The molecule has 10 heavy (non-hydrogen) atoms. The highest BCUT2D eigenvalue weighted by molar-refractivity contribution is 7.11. The lowest BCUT2D eigenvalue weighted by Crippen LogP contribution is -1.82. The smallest absolute Gasteiger partial charge is 0.173 e. The number of ether oxygens (including phenoxy) is 1. The Balaban J connectivity index is 2.68. The molecular formula is C7H7NOS. The molecule has 0 aromatic carbocycles. The second kappa shape index (κ2) is 3.17. The number of hydrogen-bond acceptors (Lipinski definition) is 3. The van der Waals surface area contributed by atoms with Crippen molar-refractivity contribution in [3.05, 3.63) is 29.0 Å². The van der Waals surface area contributed by atoms with Crippen LogP contribution in [0.5, 0.6) is 0 Å². The Morgan fingerprint density at radius 3 is 3.10 bits per heavy atom. The topological polar surface area (TPSA) is 33.1 Å². The zero-order valence-electron chi connectivity index (χ0n) is 5.33. The molecule has 0 fully saturated rings. The van der Waals surface area contributed by atoms with Crippen molar-refractivity contribution in [1.82, 2.24) is 0 Å². The largest absolute Gasteiger partial charge is 0.446 e. The van der Waals surface area contributed by atoms with Crippen molar-refractivity contribution in [2.45, 2.75) is 0 Å². The van der Waals surface area contributed by atoms with Gasteiger partial charge < -0.3 is 4.74 Å². The Morgan fingerprint density at radius 2 is 2.60 bits per heavy atom. The summed E-state index contributed by atoms with van der Waals surface area (Å²) in [6, 6.07) is 3.81. The molecule has 0 radical (unpaired) electrons. The van der Waals surface area contributed by atoms with Crippen LogP contribution in [-0.2, 0) is 4.74 Å². The monoisotopic (exact) mass is 153 g/mol. The summed E-state index contributed by atoms with van der Waals surface area (Å²) in [5, 5.41) is 8.57. The molecule has 2 nitrogen and oxygen atoms in total. The van der Waals surface area contributed by atoms with E-state index in [-0.39, 0.29) is 0 Å². The highest BCUT2D eigenvalue weighted by Crippen LogP contribution is 2.17. The molecule has 0 aliphatic heterocycles. The summed E-state index contributed by atoms with van der Waals surface area (Å²) in [6.07, 6.45) is 0.877. The van der Waals surface area contributed by atoms with Crippen molar-refractivity contribution in [2.75, 3.05) is 0 Å². The maximum Gasteiger partial charge on any atom is 0.173 e. The zero-order chi connectivity index (χ0) is 7.40. The minimum Gasteiger partial charge on any atom is -0.446 e. The molecule has 0 spiro atoms. The summed E-state index contributed by atoms with van der Waals surface area (Å²) in [5.41, 5.74) is 0. The van der Waals surface area contributed by atoms with E-state index in [0.29, 0.717) is 5.76 Å². The second-order valence-corrected chi connectivity index (χ2v) is 2.58. The molecule has 1 rings (SSSR count). The lowest BCUT2D eigenvalue weighted by Gasteiger charge is -1.97. The lowest BCUT2D eigenvalue weighted by atomic mass is 10.4. The van der Waals surface area contributed by atoms with Crippen molar-refractivity contribution < 1.29 is 4.74 Å². The van der Waals surface area contributed by atoms with Crippen LogP contribution >= 0.6 is 11.3 Å². The molecule has 3 heteroatoms. The highest BCUT2D eigenvalue weighted by atomic mass is 32.1. The fourth-order valence-electron chi connectivity index (χ4n) is 0.566. The molecule has 0 amide bonds. The summed E-state index contributed by atoms with van der Waals surface area (Å²) >= 11 is 1.54. The Labute approximate surface area is 63.3 Å². The Morgan fingerprint density at radius 1 is 1.80 bits per heavy atom. The fourth-order valence-corrected chi connectivity index (χ4v) is 1.21. The van der Waals surface area contributed by atoms with Gasteiger partial charge in [-0.1, -0.05) is 12.6 Å². The van der Waals surface area contributed by atoms with Gasteiger partial charge in [0, 0.05) is 0 Å². The average Bonchev–Trinajstić information content (AvgIpc) is 2.38. The molecule has 1 aromatic rings. The van der Waals surface area contributed by atoms with Crippen molar-refractivity contribution in [2.24, 2.45) is 0 Å². The minimum atomic E-state index is 0.532. The molecule has 1 aromatic heterocycles. The van der Waals surface area contributed by atoms with Crippen LogP contribution in [0.15, 0.2) is 24.1 Å². The van der Waals surface area contributed by atoms with Crippen LogP contribution < -0.4 is 0 Å². The number of rotatable bonds is 3. The molecule has 0 atom stereocenters. The third kappa shape index (κ3) is 1.45. The predicted octanol–water partition coefficient (Wildman–Crippen LogP) is 2.34. The first-order chi connectivity index (χ1) is 4.84. The maximum absolute atomic E-state index is 6.63. The van der Waals surface area contributed by atoms with Gasteiger partial charge in [-0.2, -0.15) is 0 Å². The number of nitrogens with one attached hydrogen (secondary N) is 1. The van der Waals surface area contributed by atoms with Crippen LogP contribution in [0.25, 0.3) is 5.76 Å². The molecule has 0 aliphatic carbocycles. The van der Waals surface area contributed by atoms with Gasteiger partial charge >= 0.3 is 0 Å². The number of hydrogen-bond donors (Lipinski definition) is 1. The van der Waals surface area contributed by atoms with Gasteiger partial charge in [-0.15, -0.1) is 11.3 Å². The Hall–Kier alpha value is -1.09. The van der Waals surface area contributed by atoms with Crippen molar-refractivity contribution >= 4 is 23.5 Å². The second-order valence-electron chi connectivity index (χ2n) is 1.64. The van der Waals surface area contributed by atoms with Crippen LogP contribution in [-0.4, -0.2) is 6.40 Å². The fraction of sp³-hybridized carbons (Fsp3) is 0. The van der Waals surface area contributed by atoms with Gasteiger partial charge in [-0.25, -0.2) is 0 Å². The molecule has 0 saturated carbocycles. The van der Waals surface area contributed by atoms with Crippen molar-refractivity contribution in [1.29, 1.82) is 5.41 Å². The van der Waals surface area contributed by atoms with Gasteiger partial charge in [-0.3, -0.25) is 5.41 Å². The summed E-state index contributed by atoms with van der Waals surface area (Å²) < 4.78 is 4.74. The van der Waals surface area contributed by atoms with Gasteiger partial charge in [0.1, 0.15) is 5.76 Å². The third-order valence-electron chi connectivity index (χ3n) is 0.997. The van der Waals surface area contributed by atoms with Crippen LogP contribution in [0.4, 0.5) is 0 Å². The first kappa shape index (κ1) is 7.02. The van der Waals surface area contributed by atoms with E-state index in [0.717, 1.165) is 11.3 Å². The molecule has 0 saturated heterocycles. The first-order valence-electron chi connectivity index (χ1n) is 2.73.